The molecule has 0 aliphatic heterocycles. The Morgan fingerprint density at radius 3 is 1.43 bits per heavy atom. The third-order valence-electron chi connectivity index (χ3n) is 1.01. The fourth-order valence-corrected chi connectivity index (χ4v) is 0. The Bertz CT molecular complexity index is 55.2. The van der Waals surface area contributed by atoms with E-state index in [4.69, 9.17) is 0 Å². The molecule has 0 aliphatic carbocycles. The third kappa shape index (κ3) is 2.74. The predicted octanol–water partition coefficient (Wildman–Crippen LogP) is 2.41. The summed E-state index contributed by atoms with van der Waals surface area (Å²) in [5.74, 6) is 0. The molecule has 0 amide bonds. The summed E-state index contributed by atoms with van der Waals surface area (Å²) in [4.78, 5) is 0. The summed E-state index contributed by atoms with van der Waals surface area (Å²) < 4.78 is 24.0. The van der Waals surface area contributed by atoms with Crippen molar-refractivity contribution >= 4 is 8.74 Å². The smallest absolute Gasteiger partial charge is 0.270 e. The first kappa shape index (κ1) is 7.08. The van der Waals surface area contributed by atoms with Gasteiger partial charge in [0.2, 0.25) is 0 Å². The molecule has 0 unspecified atom stereocenters. The summed E-state index contributed by atoms with van der Waals surface area (Å²) in [6.45, 7) is 4.19. The second-order valence-corrected chi connectivity index (χ2v) is 5.18. The Kier molecular flexibility index (Phi) is 1.92. The van der Waals surface area contributed by atoms with E-state index >= 15 is 0 Å². The van der Waals surface area contributed by atoms with Gasteiger partial charge in [-0.2, -0.15) is 0 Å². The average Bonchev–Trinajstić information content (AvgIpc) is 1.31. The van der Waals surface area contributed by atoms with Gasteiger partial charge in [0, 0.05) is 5.54 Å². The van der Waals surface area contributed by atoms with Gasteiger partial charge in [0.25, 0.3) is 0 Å². The van der Waals surface area contributed by atoms with Crippen molar-refractivity contribution in [3.8, 4) is 0 Å². The lowest BCUT2D eigenvalue weighted by Crippen LogP contribution is -2.20. The maximum atomic E-state index is 12.0. The van der Waals surface area contributed by atoms with E-state index in [1.165, 1.54) is 0 Å². The Labute approximate surface area is 43.9 Å². The Morgan fingerprint density at radius 2 is 1.43 bits per heavy atom. The topological polar surface area (TPSA) is 0 Å². The SMILES string of the molecule is CC(C)[Si](C)(F)F. The molecule has 0 saturated heterocycles. The largest absolute Gasteiger partial charge is 0.424 e. The van der Waals surface area contributed by atoms with Gasteiger partial charge in [-0.15, -0.1) is 0 Å². The van der Waals surface area contributed by atoms with Crippen LogP contribution in [0.4, 0.5) is 8.22 Å². The van der Waals surface area contributed by atoms with Crippen molar-refractivity contribution in [1.82, 2.24) is 0 Å². The fourth-order valence-electron chi connectivity index (χ4n) is 0. The molecule has 0 aromatic heterocycles. The first-order chi connectivity index (χ1) is 2.94. The van der Waals surface area contributed by atoms with Crippen LogP contribution in [0.1, 0.15) is 13.8 Å². The Balaban J connectivity index is 3.54. The van der Waals surface area contributed by atoms with Gasteiger partial charge in [0.05, 0.1) is 0 Å². The molecule has 0 aliphatic rings. The minimum absolute atomic E-state index is 0.396. The van der Waals surface area contributed by atoms with Crippen LogP contribution in [0.3, 0.4) is 0 Å². The molecule has 3 heteroatoms. The summed E-state index contributed by atoms with van der Waals surface area (Å²) in [6, 6.07) is 0. The van der Waals surface area contributed by atoms with Gasteiger partial charge in [-0.1, -0.05) is 13.8 Å². The van der Waals surface area contributed by atoms with Gasteiger partial charge in [0.1, 0.15) is 0 Å². The highest BCUT2D eigenvalue weighted by molar-refractivity contribution is 6.66. The standard InChI is InChI=1S/C4H10F2Si/c1-4(2)7(3,5)6/h4H,1-3H3. The fraction of sp³-hybridized carbons (Fsp3) is 1.00. The first-order valence-electron chi connectivity index (χ1n) is 2.32. The van der Waals surface area contributed by atoms with E-state index in [9.17, 15) is 8.22 Å². The van der Waals surface area contributed by atoms with Crippen LogP contribution in [0, 0.1) is 0 Å². The van der Waals surface area contributed by atoms with Crippen LogP contribution in [0.15, 0.2) is 0 Å². The molecule has 0 aromatic rings. The number of halogens is 2. The van der Waals surface area contributed by atoms with Crippen LogP contribution in [0.25, 0.3) is 0 Å². The van der Waals surface area contributed by atoms with Gasteiger partial charge in [-0.05, 0) is 6.55 Å². The number of hydrogen-bond donors (Lipinski definition) is 0. The highest BCUT2D eigenvalue weighted by Gasteiger charge is 2.31. The Morgan fingerprint density at radius 1 is 1.29 bits per heavy atom. The van der Waals surface area contributed by atoms with Gasteiger partial charge < -0.3 is 0 Å². The van der Waals surface area contributed by atoms with Crippen molar-refractivity contribution < 1.29 is 8.22 Å². The van der Waals surface area contributed by atoms with E-state index in [1.54, 1.807) is 13.8 Å². The van der Waals surface area contributed by atoms with Gasteiger partial charge in [0.15, 0.2) is 0 Å². The monoisotopic (exact) mass is 124 g/mol. The molecule has 0 fully saturated rings. The molecule has 0 radical (unpaired) electrons. The van der Waals surface area contributed by atoms with Gasteiger partial charge in [-0.25, -0.2) is 0 Å². The minimum Gasteiger partial charge on any atom is -0.270 e. The number of hydrogen-bond acceptors (Lipinski definition) is 0. The van der Waals surface area contributed by atoms with E-state index in [2.05, 4.69) is 0 Å². The van der Waals surface area contributed by atoms with Crippen LogP contribution < -0.4 is 0 Å². The van der Waals surface area contributed by atoms with Crippen LogP contribution in [-0.4, -0.2) is 8.74 Å². The third-order valence-corrected chi connectivity index (χ3v) is 3.04. The molecule has 0 bridgehead atoms. The highest BCUT2D eigenvalue weighted by Crippen LogP contribution is 2.21. The van der Waals surface area contributed by atoms with Crippen molar-refractivity contribution in [2.45, 2.75) is 25.9 Å². The molecule has 0 saturated carbocycles. The van der Waals surface area contributed by atoms with Crippen LogP contribution in [-0.2, 0) is 0 Å². The summed E-state index contributed by atoms with van der Waals surface area (Å²) in [6.07, 6.45) is 0. The molecular weight excluding hydrogens is 114 g/mol. The van der Waals surface area contributed by atoms with Crippen molar-refractivity contribution in [3.63, 3.8) is 0 Å². The maximum Gasteiger partial charge on any atom is 0.424 e. The zero-order valence-corrected chi connectivity index (χ0v) is 5.83. The van der Waals surface area contributed by atoms with Gasteiger partial charge in [-0.3, -0.25) is 8.22 Å². The lowest BCUT2D eigenvalue weighted by Gasteiger charge is -2.08. The second-order valence-electron chi connectivity index (χ2n) is 2.11. The number of rotatable bonds is 1. The summed E-state index contributed by atoms with van der Waals surface area (Å²) in [5, 5.41) is 0. The van der Waals surface area contributed by atoms with Crippen LogP contribution >= 0.6 is 0 Å². The van der Waals surface area contributed by atoms with E-state index in [0.717, 1.165) is 6.55 Å². The lowest BCUT2D eigenvalue weighted by molar-refractivity contribution is 0.579. The normalized spacial score (nSPS) is 12.9. The van der Waals surface area contributed by atoms with Crippen molar-refractivity contribution in [3.05, 3.63) is 0 Å². The minimum atomic E-state index is -3.73. The van der Waals surface area contributed by atoms with Crippen molar-refractivity contribution in [2.75, 3.05) is 0 Å². The predicted molar refractivity (Wildman–Crippen MR) is 28.9 cm³/mol. The second kappa shape index (κ2) is 1.90. The van der Waals surface area contributed by atoms with E-state index in [-0.39, 0.29) is 0 Å². The summed E-state index contributed by atoms with van der Waals surface area (Å²) >= 11 is 0. The van der Waals surface area contributed by atoms with Crippen LogP contribution in [0.2, 0.25) is 12.1 Å². The van der Waals surface area contributed by atoms with Crippen LogP contribution in [0.5, 0.6) is 0 Å². The van der Waals surface area contributed by atoms with Crippen molar-refractivity contribution in [1.29, 1.82) is 0 Å². The molecule has 7 heavy (non-hydrogen) atoms. The van der Waals surface area contributed by atoms with E-state index in [1.807, 2.05) is 0 Å². The zero-order chi connectivity index (χ0) is 6.08. The quantitative estimate of drug-likeness (QED) is 0.372. The lowest BCUT2D eigenvalue weighted by atomic mass is 10.6. The zero-order valence-electron chi connectivity index (χ0n) is 4.83. The molecule has 0 aromatic carbocycles. The molecule has 0 nitrogen and oxygen atoms in total. The molecule has 0 rings (SSSR count). The van der Waals surface area contributed by atoms with E-state index in [0.29, 0.717) is 0 Å². The molecule has 0 atom stereocenters. The maximum absolute atomic E-state index is 12.0. The first-order valence-corrected chi connectivity index (χ1v) is 4.65. The highest BCUT2D eigenvalue weighted by atomic mass is 28.4. The molecule has 0 spiro atoms. The van der Waals surface area contributed by atoms with Gasteiger partial charge >= 0.3 is 8.74 Å². The average molecular weight is 124 g/mol. The Hall–Kier alpha value is 0.0769. The molecule has 0 N–H and O–H groups in total. The molecular formula is C4H10F2Si. The summed E-state index contributed by atoms with van der Waals surface area (Å²) in [5.41, 5.74) is -0.396. The van der Waals surface area contributed by atoms with Crippen molar-refractivity contribution in [2.24, 2.45) is 0 Å². The molecule has 0 heterocycles. The molecule has 44 valence electrons. The van der Waals surface area contributed by atoms with E-state index < -0.39 is 14.3 Å². The summed E-state index contributed by atoms with van der Waals surface area (Å²) in [7, 11) is -3.73.